The Morgan fingerprint density at radius 3 is 2.85 bits per heavy atom. The van der Waals surface area contributed by atoms with Crippen LogP contribution in [0.5, 0.6) is 0 Å². The van der Waals surface area contributed by atoms with E-state index in [-0.39, 0.29) is 17.8 Å². The van der Waals surface area contributed by atoms with E-state index in [0.29, 0.717) is 28.0 Å². The van der Waals surface area contributed by atoms with Gasteiger partial charge in [0.15, 0.2) is 5.65 Å². The molecule has 1 aliphatic heterocycles. The molecular weight excluding hydrogens is 331 g/mol. The number of piperidine rings is 1. The zero-order valence-electron chi connectivity index (χ0n) is 14.9. The van der Waals surface area contributed by atoms with Gasteiger partial charge in [0.2, 0.25) is 0 Å². The highest BCUT2D eigenvalue weighted by Gasteiger charge is 2.27. The van der Waals surface area contributed by atoms with E-state index in [2.05, 4.69) is 17.0 Å². The van der Waals surface area contributed by atoms with Crippen LogP contribution in [0.4, 0.5) is 4.39 Å². The fourth-order valence-corrected chi connectivity index (χ4v) is 3.66. The summed E-state index contributed by atoms with van der Waals surface area (Å²) in [7, 11) is 0. The molecule has 2 aromatic heterocycles. The van der Waals surface area contributed by atoms with Gasteiger partial charge in [0.1, 0.15) is 11.5 Å². The lowest BCUT2D eigenvalue weighted by Gasteiger charge is -2.33. The van der Waals surface area contributed by atoms with E-state index in [1.807, 2.05) is 11.8 Å². The summed E-state index contributed by atoms with van der Waals surface area (Å²) in [4.78, 5) is 19.6. The van der Waals surface area contributed by atoms with Crippen LogP contribution in [0.1, 0.15) is 42.2 Å². The third-order valence-corrected chi connectivity index (χ3v) is 5.04. The predicted molar refractivity (Wildman–Crippen MR) is 97.9 cm³/mol. The van der Waals surface area contributed by atoms with Crippen LogP contribution >= 0.6 is 0 Å². The number of benzene rings is 1. The Bertz CT molecular complexity index is 981. The summed E-state index contributed by atoms with van der Waals surface area (Å²) in [5, 5.41) is 4.97. The maximum atomic E-state index is 14.2. The van der Waals surface area contributed by atoms with Crippen LogP contribution < -0.4 is 0 Å². The van der Waals surface area contributed by atoms with Gasteiger partial charge in [-0.2, -0.15) is 5.10 Å². The Labute approximate surface area is 151 Å². The first-order valence-electron chi connectivity index (χ1n) is 8.97. The number of likely N-dealkylation sites (tertiary alicyclic amines) is 1. The second-order valence-corrected chi connectivity index (χ2v) is 6.90. The summed E-state index contributed by atoms with van der Waals surface area (Å²) in [5.74, 6) is -0.376. The SMILES string of the molecule is Cc1cc(C(=O)N2CCCCC2C)c2cnn(-c3ccccc3F)c2n1. The van der Waals surface area contributed by atoms with E-state index in [4.69, 9.17) is 0 Å². The van der Waals surface area contributed by atoms with Crippen molar-refractivity contribution in [2.24, 2.45) is 0 Å². The van der Waals surface area contributed by atoms with E-state index >= 15 is 0 Å². The van der Waals surface area contributed by atoms with Crippen molar-refractivity contribution in [2.75, 3.05) is 6.54 Å². The number of carbonyl (C=O) groups excluding carboxylic acids is 1. The number of rotatable bonds is 2. The van der Waals surface area contributed by atoms with Crippen molar-refractivity contribution in [3.05, 3.63) is 53.6 Å². The minimum Gasteiger partial charge on any atom is -0.336 e. The zero-order valence-corrected chi connectivity index (χ0v) is 14.9. The average Bonchev–Trinajstić information content (AvgIpc) is 3.05. The van der Waals surface area contributed by atoms with Crippen molar-refractivity contribution in [1.82, 2.24) is 19.7 Å². The minimum atomic E-state index is -0.377. The number of nitrogens with zero attached hydrogens (tertiary/aromatic N) is 4. The zero-order chi connectivity index (χ0) is 18.3. The van der Waals surface area contributed by atoms with E-state index in [1.165, 1.54) is 10.7 Å². The van der Waals surface area contributed by atoms with Gasteiger partial charge in [0.25, 0.3) is 5.91 Å². The van der Waals surface area contributed by atoms with Crippen LogP contribution in [0.2, 0.25) is 0 Å². The topological polar surface area (TPSA) is 51.0 Å². The largest absolute Gasteiger partial charge is 0.336 e. The first-order chi connectivity index (χ1) is 12.6. The van der Waals surface area contributed by atoms with Gasteiger partial charge in [-0.25, -0.2) is 14.1 Å². The molecule has 0 aliphatic carbocycles. The lowest BCUT2D eigenvalue weighted by molar-refractivity contribution is 0.0637. The van der Waals surface area contributed by atoms with Crippen LogP contribution in [-0.2, 0) is 0 Å². The number of hydrogen-bond donors (Lipinski definition) is 0. The number of hydrogen-bond acceptors (Lipinski definition) is 3. The summed E-state index contributed by atoms with van der Waals surface area (Å²) in [6, 6.07) is 8.46. The molecule has 26 heavy (non-hydrogen) atoms. The molecule has 1 fully saturated rings. The maximum absolute atomic E-state index is 14.2. The molecule has 0 spiro atoms. The van der Waals surface area contributed by atoms with Crippen LogP contribution in [0.3, 0.4) is 0 Å². The molecule has 3 heterocycles. The maximum Gasteiger partial charge on any atom is 0.254 e. The van der Waals surface area contributed by atoms with Crippen LogP contribution in [0, 0.1) is 12.7 Å². The third-order valence-electron chi connectivity index (χ3n) is 5.04. The lowest BCUT2D eigenvalue weighted by Crippen LogP contribution is -2.42. The molecule has 0 radical (unpaired) electrons. The molecule has 1 atom stereocenters. The highest BCUT2D eigenvalue weighted by atomic mass is 19.1. The van der Waals surface area contributed by atoms with Gasteiger partial charge >= 0.3 is 0 Å². The van der Waals surface area contributed by atoms with Crippen LogP contribution in [0.15, 0.2) is 36.5 Å². The van der Waals surface area contributed by atoms with Crippen molar-refractivity contribution in [3.8, 4) is 5.69 Å². The number of halogens is 1. The lowest BCUT2D eigenvalue weighted by atomic mass is 10.0. The molecule has 0 N–H and O–H groups in total. The molecule has 1 unspecified atom stereocenters. The molecule has 3 aromatic rings. The van der Waals surface area contributed by atoms with Gasteiger partial charge in [0, 0.05) is 18.3 Å². The van der Waals surface area contributed by atoms with Gasteiger partial charge in [-0.1, -0.05) is 12.1 Å². The van der Waals surface area contributed by atoms with E-state index in [9.17, 15) is 9.18 Å². The van der Waals surface area contributed by atoms with Gasteiger partial charge in [0.05, 0.1) is 17.1 Å². The predicted octanol–water partition coefficient (Wildman–Crippen LogP) is 3.88. The first-order valence-corrected chi connectivity index (χ1v) is 8.97. The molecule has 134 valence electrons. The quantitative estimate of drug-likeness (QED) is 0.703. The van der Waals surface area contributed by atoms with Crippen molar-refractivity contribution in [2.45, 2.75) is 39.2 Å². The second kappa shape index (κ2) is 6.52. The summed E-state index contributed by atoms with van der Waals surface area (Å²) in [6.45, 7) is 4.70. The second-order valence-electron chi connectivity index (χ2n) is 6.90. The summed E-state index contributed by atoms with van der Waals surface area (Å²) in [5.41, 5.74) is 2.13. The fourth-order valence-electron chi connectivity index (χ4n) is 3.66. The normalized spacial score (nSPS) is 17.7. The van der Waals surface area contributed by atoms with Gasteiger partial charge < -0.3 is 4.90 Å². The molecule has 1 amide bonds. The Morgan fingerprint density at radius 2 is 2.08 bits per heavy atom. The summed E-state index contributed by atoms with van der Waals surface area (Å²) < 4.78 is 15.7. The highest BCUT2D eigenvalue weighted by Crippen LogP contribution is 2.26. The number of pyridine rings is 1. The Balaban J connectivity index is 1.85. The van der Waals surface area contributed by atoms with Crippen molar-refractivity contribution in [3.63, 3.8) is 0 Å². The van der Waals surface area contributed by atoms with Gasteiger partial charge in [-0.05, 0) is 51.3 Å². The van der Waals surface area contributed by atoms with Gasteiger partial charge in [-0.3, -0.25) is 4.79 Å². The summed E-state index contributed by atoms with van der Waals surface area (Å²) >= 11 is 0. The molecule has 1 aromatic carbocycles. The number of amides is 1. The average molecular weight is 352 g/mol. The number of aryl methyl sites for hydroxylation is 1. The monoisotopic (exact) mass is 352 g/mol. The molecule has 0 saturated carbocycles. The number of fused-ring (bicyclic) bond motifs is 1. The van der Waals surface area contributed by atoms with Crippen molar-refractivity contribution >= 4 is 16.9 Å². The van der Waals surface area contributed by atoms with Crippen LogP contribution in [-0.4, -0.2) is 38.2 Å². The van der Waals surface area contributed by atoms with E-state index < -0.39 is 0 Å². The molecule has 1 aliphatic rings. The number of aromatic nitrogens is 3. The van der Waals surface area contributed by atoms with Gasteiger partial charge in [-0.15, -0.1) is 0 Å². The standard InChI is InChI=1S/C20H21FN4O/c1-13-11-15(20(26)24-10-6-5-7-14(24)2)16-12-22-25(19(16)23-13)18-9-4-3-8-17(18)21/h3-4,8-9,11-12,14H,5-7,10H2,1-2H3. The molecule has 0 bridgehead atoms. The molecule has 4 rings (SSSR count). The fraction of sp³-hybridized carbons (Fsp3) is 0.350. The first kappa shape index (κ1) is 16.7. The minimum absolute atomic E-state index is 0.000726. The number of para-hydroxylation sites is 1. The van der Waals surface area contributed by atoms with Crippen molar-refractivity contribution < 1.29 is 9.18 Å². The van der Waals surface area contributed by atoms with Crippen LogP contribution in [0.25, 0.3) is 16.7 Å². The van der Waals surface area contributed by atoms with Crippen molar-refractivity contribution in [1.29, 1.82) is 0 Å². The molecule has 6 heteroatoms. The Kier molecular flexibility index (Phi) is 4.18. The van der Waals surface area contributed by atoms with E-state index in [1.54, 1.807) is 30.5 Å². The third kappa shape index (κ3) is 2.75. The molecule has 5 nitrogen and oxygen atoms in total. The van der Waals surface area contributed by atoms with E-state index in [0.717, 1.165) is 25.8 Å². The molecular formula is C20H21FN4O. The number of carbonyl (C=O) groups is 1. The molecule has 1 saturated heterocycles. The smallest absolute Gasteiger partial charge is 0.254 e. The summed E-state index contributed by atoms with van der Waals surface area (Å²) in [6.07, 6.45) is 4.81. The Morgan fingerprint density at radius 1 is 1.27 bits per heavy atom. The Hall–Kier alpha value is -2.76. The highest BCUT2D eigenvalue weighted by molar-refractivity contribution is 6.05.